The Hall–Kier alpha value is -1.35. The minimum Gasteiger partial charge on any atom is -0.384 e. The molecule has 76 valence electrons. The number of carbonyl (C=O) groups excluding carboxylic acids is 1. The van der Waals surface area contributed by atoms with Gasteiger partial charge in [0.1, 0.15) is 6.10 Å². The highest BCUT2D eigenvalue weighted by Gasteiger charge is 2.13. The Kier molecular flexibility index (Phi) is 3.65. The number of amides is 1. The van der Waals surface area contributed by atoms with E-state index in [0.717, 1.165) is 5.56 Å². The van der Waals surface area contributed by atoms with Crippen molar-refractivity contribution in [1.29, 1.82) is 0 Å². The minimum absolute atomic E-state index is 0.256. The summed E-state index contributed by atoms with van der Waals surface area (Å²) in [4.78, 5) is 12.8. The molecule has 0 aliphatic rings. The van der Waals surface area contributed by atoms with Gasteiger partial charge in [-0.2, -0.15) is 0 Å². The summed E-state index contributed by atoms with van der Waals surface area (Å²) in [6.07, 6.45) is -0.927. The molecule has 1 aromatic rings. The quantitative estimate of drug-likeness (QED) is 0.778. The largest absolute Gasteiger partial charge is 0.384 e. The van der Waals surface area contributed by atoms with Gasteiger partial charge >= 0.3 is 0 Å². The molecule has 1 aromatic carbocycles. The fourth-order valence-electron chi connectivity index (χ4n) is 1.25. The first-order chi connectivity index (χ1) is 6.61. The van der Waals surface area contributed by atoms with Gasteiger partial charge in [0.05, 0.1) is 0 Å². The Morgan fingerprint density at radius 1 is 1.43 bits per heavy atom. The van der Waals surface area contributed by atoms with Crippen LogP contribution in [0.3, 0.4) is 0 Å². The van der Waals surface area contributed by atoms with Crippen LogP contribution in [0.25, 0.3) is 0 Å². The van der Waals surface area contributed by atoms with Gasteiger partial charge in [-0.3, -0.25) is 4.79 Å². The molecule has 0 aliphatic heterocycles. The highest BCUT2D eigenvalue weighted by molar-refractivity contribution is 5.79. The number of aliphatic hydroxyl groups excluding tert-OH is 1. The van der Waals surface area contributed by atoms with Crippen LogP contribution in [0.5, 0.6) is 0 Å². The maximum Gasteiger partial charge on any atom is 0.251 e. The first kappa shape index (κ1) is 10.7. The van der Waals surface area contributed by atoms with Gasteiger partial charge in [-0.05, 0) is 12.5 Å². The molecule has 1 atom stereocenters. The van der Waals surface area contributed by atoms with Crippen molar-refractivity contribution in [2.24, 2.45) is 0 Å². The number of rotatable bonds is 3. The molecule has 0 radical (unpaired) electrons. The van der Waals surface area contributed by atoms with E-state index in [1.54, 1.807) is 7.05 Å². The van der Waals surface area contributed by atoms with E-state index >= 15 is 0 Å². The number of nitrogens with zero attached hydrogens (tertiary/aromatic N) is 1. The van der Waals surface area contributed by atoms with Crippen LogP contribution >= 0.6 is 0 Å². The molecule has 0 saturated carbocycles. The molecule has 0 saturated heterocycles. The second kappa shape index (κ2) is 4.77. The summed E-state index contributed by atoms with van der Waals surface area (Å²) in [6.45, 7) is 2.01. The predicted molar refractivity (Wildman–Crippen MR) is 54.6 cm³/mol. The Labute approximate surface area is 84.0 Å². The van der Waals surface area contributed by atoms with Crippen molar-refractivity contribution in [3.63, 3.8) is 0 Å². The van der Waals surface area contributed by atoms with Gasteiger partial charge < -0.3 is 10.0 Å². The minimum atomic E-state index is -0.927. The van der Waals surface area contributed by atoms with Crippen LogP contribution in [0.15, 0.2) is 30.3 Å². The zero-order chi connectivity index (χ0) is 10.6. The lowest BCUT2D eigenvalue weighted by atomic mass is 10.2. The molecule has 3 heteroatoms. The SMILES string of the molecule is CC(O)C(=O)N(C)Cc1ccccc1. The number of aliphatic hydroxyl groups is 1. The first-order valence-electron chi connectivity index (χ1n) is 4.58. The lowest BCUT2D eigenvalue weighted by Gasteiger charge is -2.18. The van der Waals surface area contributed by atoms with Gasteiger partial charge in [-0.25, -0.2) is 0 Å². The molecule has 0 spiro atoms. The van der Waals surface area contributed by atoms with Crippen LogP contribution in [0, 0.1) is 0 Å². The third-order valence-electron chi connectivity index (χ3n) is 2.00. The molecule has 0 fully saturated rings. The van der Waals surface area contributed by atoms with Crippen LogP contribution in [-0.4, -0.2) is 29.1 Å². The fraction of sp³-hybridized carbons (Fsp3) is 0.364. The Bertz CT molecular complexity index is 295. The summed E-state index contributed by atoms with van der Waals surface area (Å²) in [5.41, 5.74) is 1.06. The number of hydrogen-bond acceptors (Lipinski definition) is 2. The van der Waals surface area contributed by atoms with E-state index in [1.165, 1.54) is 11.8 Å². The van der Waals surface area contributed by atoms with E-state index in [4.69, 9.17) is 5.11 Å². The monoisotopic (exact) mass is 193 g/mol. The van der Waals surface area contributed by atoms with Gasteiger partial charge in [0.25, 0.3) is 5.91 Å². The molecule has 0 aliphatic carbocycles. The summed E-state index contributed by atoms with van der Waals surface area (Å²) in [5, 5.41) is 9.08. The Balaban J connectivity index is 2.57. The van der Waals surface area contributed by atoms with E-state index in [-0.39, 0.29) is 5.91 Å². The molecule has 1 amide bonds. The standard InChI is InChI=1S/C11H15NO2/c1-9(13)11(14)12(2)8-10-6-4-3-5-7-10/h3-7,9,13H,8H2,1-2H3. The van der Waals surface area contributed by atoms with Crippen LogP contribution in [0.2, 0.25) is 0 Å². The van der Waals surface area contributed by atoms with Crippen molar-refractivity contribution in [2.45, 2.75) is 19.6 Å². The summed E-state index contributed by atoms with van der Waals surface area (Å²) >= 11 is 0. The topological polar surface area (TPSA) is 40.5 Å². The number of carbonyl (C=O) groups is 1. The van der Waals surface area contributed by atoms with Crippen LogP contribution in [-0.2, 0) is 11.3 Å². The fourth-order valence-corrected chi connectivity index (χ4v) is 1.25. The van der Waals surface area contributed by atoms with Gasteiger partial charge in [0.2, 0.25) is 0 Å². The average molecular weight is 193 g/mol. The molecular formula is C11H15NO2. The molecule has 14 heavy (non-hydrogen) atoms. The van der Waals surface area contributed by atoms with Crippen molar-refractivity contribution in [3.05, 3.63) is 35.9 Å². The Morgan fingerprint density at radius 3 is 2.50 bits per heavy atom. The van der Waals surface area contributed by atoms with E-state index < -0.39 is 6.10 Å². The second-order valence-corrected chi connectivity index (χ2v) is 3.36. The second-order valence-electron chi connectivity index (χ2n) is 3.36. The maximum absolute atomic E-state index is 11.3. The van der Waals surface area contributed by atoms with E-state index in [1.807, 2.05) is 30.3 Å². The van der Waals surface area contributed by atoms with Crippen molar-refractivity contribution >= 4 is 5.91 Å². The van der Waals surface area contributed by atoms with Crippen LogP contribution < -0.4 is 0 Å². The van der Waals surface area contributed by atoms with Crippen molar-refractivity contribution in [1.82, 2.24) is 4.90 Å². The van der Waals surface area contributed by atoms with E-state index in [9.17, 15) is 4.79 Å². The van der Waals surface area contributed by atoms with Crippen LogP contribution in [0.4, 0.5) is 0 Å². The normalized spacial score (nSPS) is 12.2. The molecule has 0 heterocycles. The number of hydrogen-bond donors (Lipinski definition) is 1. The van der Waals surface area contributed by atoms with E-state index in [0.29, 0.717) is 6.54 Å². The van der Waals surface area contributed by atoms with E-state index in [2.05, 4.69) is 0 Å². The highest BCUT2D eigenvalue weighted by Crippen LogP contribution is 2.03. The predicted octanol–water partition coefficient (Wildman–Crippen LogP) is 1.03. The molecule has 1 N–H and O–H groups in total. The molecule has 0 aromatic heterocycles. The van der Waals surface area contributed by atoms with Crippen molar-refractivity contribution in [2.75, 3.05) is 7.05 Å². The lowest BCUT2D eigenvalue weighted by molar-refractivity contribution is -0.138. The molecule has 0 bridgehead atoms. The summed E-state index contributed by atoms with van der Waals surface area (Å²) in [6, 6.07) is 9.68. The molecule has 1 rings (SSSR count). The summed E-state index contributed by atoms with van der Waals surface area (Å²) in [7, 11) is 1.68. The Morgan fingerprint density at radius 2 is 2.00 bits per heavy atom. The highest BCUT2D eigenvalue weighted by atomic mass is 16.3. The summed E-state index contributed by atoms with van der Waals surface area (Å²) < 4.78 is 0. The van der Waals surface area contributed by atoms with Gasteiger partial charge in [-0.15, -0.1) is 0 Å². The van der Waals surface area contributed by atoms with Gasteiger partial charge in [-0.1, -0.05) is 30.3 Å². The smallest absolute Gasteiger partial charge is 0.251 e. The third-order valence-corrected chi connectivity index (χ3v) is 2.00. The van der Waals surface area contributed by atoms with Crippen molar-refractivity contribution in [3.8, 4) is 0 Å². The zero-order valence-electron chi connectivity index (χ0n) is 8.47. The average Bonchev–Trinajstić information content (AvgIpc) is 2.18. The lowest BCUT2D eigenvalue weighted by Crippen LogP contribution is -2.34. The number of benzene rings is 1. The molecular weight excluding hydrogens is 178 g/mol. The van der Waals surface area contributed by atoms with Crippen LogP contribution in [0.1, 0.15) is 12.5 Å². The molecule has 1 unspecified atom stereocenters. The van der Waals surface area contributed by atoms with Gasteiger partial charge in [0, 0.05) is 13.6 Å². The molecule has 3 nitrogen and oxygen atoms in total. The van der Waals surface area contributed by atoms with Crippen molar-refractivity contribution < 1.29 is 9.90 Å². The first-order valence-corrected chi connectivity index (χ1v) is 4.58. The summed E-state index contributed by atoms with van der Waals surface area (Å²) in [5.74, 6) is -0.256. The number of likely N-dealkylation sites (N-methyl/N-ethyl adjacent to an activating group) is 1. The zero-order valence-corrected chi connectivity index (χ0v) is 8.47. The van der Waals surface area contributed by atoms with Gasteiger partial charge in [0.15, 0.2) is 0 Å². The maximum atomic E-state index is 11.3. The third kappa shape index (κ3) is 2.85.